The molecule has 290 valence electrons. The van der Waals surface area contributed by atoms with Crippen LogP contribution in [0.15, 0.2) is 72.9 Å². The highest BCUT2D eigenvalue weighted by Gasteiger charge is 2.37. The van der Waals surface area contributed by atoms with Gasteiger partial charge in [-0.2, -0.15) is 0 Å². The zero-order valence-corrected chi connectivity index (χ0v) is 31.2. The van der Waals surface area contributed by atoms with Gasteiger partial charge in [0.1, 0.15) is 24.0 Å². The molecule has 0 fully saturated rings. The number of benzene rings is 2. The number of nitrogens with zero attached hydrogens (tertiary/aromatic N) is 3. The molecule has 0 radical (unpaired) electrons. The third kappa shape index (κ3) is 11.5. The number of hydrogen-bond donors (Lipinski definition) is 3. The minimum absolute atomic E-state index is 0.0190. The van der Waals surface area contributed by atoms with Crippen molar-refractivity contribution in [2.24, 2.45) is 11.1 Å². The van der Waals surface area contributed by atoms with Crippen LogP contribution in [0.25, 0.3) is 11.1 Å². The fourth-order valence-electron chi connectivity index (χ4n) is 6.68. The van der Waals surface area contributed by atoms with E-state index in [1.54, 1.807) is 12.3 Å². The molecule has 0 saturated heterocycles. The Morgan fingerprint density at radius 1 is 0.926 bits per heavy atom. The van der Waals surface area contributed by atoms with Gasteiger partial charge >= 0.3 is 0 Å². The van der Waals surface area contributed by atoms with Gasteiger partial charge in [0.05, 0.1) is 12.1 Å². The van der Waals surface area contributed by atoms with Crippen molar-refractivity contribution >= 4 is 29.4 Å². The van der Waals surface area contributed by atoms with Crippen LogP contribution >= 0.6 is 0 Å². The SMILES string of the molecule is CC(C)(C)[C@H](c1cc(-c2cc(F)ccc2F)cn1Cc1ccccc1)N(CC[C@H](N)C(=O)NCCCC(=O)CCCCCN1C(=O)C=CC1=O)C(=O)CO. The molecule has 0 saturated carbocycles. The van der Waals surface area contributed by atoms with Crippen molar-refractivity contribution in [3.63, 3.8) is 0 Å². The number of rotatable bonds is 20. The second-order valence-electron chi connectivity index (χ2n) is 14.7. The van der Waals surface area contributed by atoms with E-state index in [2.05, 4.69) is 5.32 Å². The van der Waals surface area contributed by atoms with Crippen molar-refractivity contribution in [3.05, 3.63) is 95.8 Å². The number of hydrogen-bond acceptors (Lipinski definition) is 7. The molecule has 1 aliphatic heterocycles. The van der Waals surface area contributed by atoms with Crippen LogP contribution in [0.4, 0.5) is 8.78 Å². The first-order valence-electron chi connectivity index (χ1n) is 18.4. The Hall–Kier alpha value is -5.01. The molecule has 0 bridgehead atoms. The minimum Gasteiger partial charge on any atom is -0.387 e. The van der Waals surface area contributed by atoms with Gasteiger partial charge in [-0.3, -0.25) is 28.9 Å². The van der Waals surface area contributed by atoms with Gasteiger partial charge in [-0.15, -0.1) is 0 Å². The predicted molar refractivity (Wildman–Crippen MR) is 200 cm³/mol. The normalized spacial score (nSPS) is 14.0. The molecule has 1 aliphatic rings. The Bertz CT molecular complexity index is 1800. The first-order chi connectivity index (χ1) is 25.7. The fraction of sp³-hybridized carbons (Fsp3) is 0.439. The zero-order chi connectivity index (χ0) is 39.4. The summed E-state index contributed by atoms with van der Waals surface area (Å²) in [5, 5.41) is 12.8. The number of nitrogens with two attached hydrogens (primary N) is 1. The lowest BCUT2D eigenvalue weighted by atomic mass is 9.82. The maximum absolute atomic E-state index is 15.0. The van der Waals surface area contributed by atoms with Crippen LogP contribution in [0, 0.1) is 17.0 Å². The van der Waals surface area contributed by atoms with Gasteiger partial charge < -0.3 is 25.6 Å². The van der Waals surface area contributed by atoms with Gasteiger partial charge in [-0.1, -0.05) is 57.5 Å². The second-order valence-corrected chi connectivity index (χ2v) is 14.7. The molecule has 54 heavy (non-hydrogen) atoms. The summed E-state index contributed by atoms with van der Waals surface area (Å²) >= 11 is 0. The highest BCUT2D eigenvalue weighted by atomic mass is 19.1. The highest BCUT2D eigenvalue weighted by Crippen LogP contribution is 2.41. The Morgan fingerprint density at radius 3 is 2.28 bits per heavy atom. The van der Waals surface area contributed by atoms with Crippen LogP contribution in [0.5, 0.6) is 0 Å². The predicted octanol–water partition coefficient (Wildman–Crippen LogP) is 5.06. The maximum atomic E-state index is 15.0. The number of aliphatic hydroxyl groups is 1. The van der Waals surface area contributed by atoms with E-state index in [4.69, 9.17) is 5.73 Å². The van der Waals surface area contributed by atoms with Crippen molar-refractivity contribution in [3.8, 4) is 11.1 Å². The topological polar surface area (TPSA) is 155 Å². The Morgan fingerprint density at radius 2 is 1.61 bits per heavy atom. The molecule has 13 heteroatoms. The molecule has 0 unspecified atom stereocenters. The van der Waals surface area contributed by atoms with E-state index in [9.17, 15) is 33.5 Å². The van der Waals surface area contributed by atoms with E-state index in [1.165, 1.54) is 22.0 Å². The van der Waals surface area contributed by atoms with Crippen molar-refractivity contribution in [1.29, 1.82) is 0 Å². The van der Waals surface area contributed by atoms with Gasteiger partial charge in [-0.25, -0.2) is 8.78 Å². The fourth-order valence-corrected chi connectivity index (χ4v) is 6.68. The number of imide groups is 1. The number of nitrogens with one attached hydrogen (secondary N) is 1. The number of aromatic nitrogens is 1. The second kappa shape index (κ2) is 19.4. The number of amides is 4. The molecule has 11 nitrogen and oxygen atoms in total. The molecule has 2 atom stereocenters. The van der Waals surface area contributed by atoms with Crippen LogP contribution in [0.2, 0.25) is 0 Å². The molecule has 4 amide bonds. The average molecular weight is 748 g/mol. The van der Waals surface area contributed by atoms with Crippen molar-refractivity contribution < 1.29 is 37.9 Å². The first kappa shape index (κ1) is 41.7. The Balaban J connectivity index is 1.37. The number of Topliss-reactive ketones (excluding diaryl/α,β-unsaturated/α-hetero) is 1. The quantitative estimate of drug-likeness (QED) is 0.108. The summed E-state index contributed by atoms with van der Waals surface area (Å²) in [5.74, 6) is -2.80. The molecular formula is C41H51F2N5O6. The molecule has 3 aromatic rings. The van der Waals surface area contributed by atoms with E-state index >= 15 is 4.39 Å². The summed E-state index contributed by atoms with van der Waals surface area (Å²) in [4.78, 5) is 64.6. The van der Waals surface area contributed by atoms with E-state index in [0.29, 0.717) is 56.5 Å². The number of unbranched alkanes of at least 4 members (excludes halogenated alkanes) is 2. The van der Waals surface area contributed by atoms with Crippen molar-refractivity contribution in [2.75, 3.05) is 26.2 Å². The van der Waals surface area contributed by atoms with Crippen LogP contribution in [0.3, 0.4) is 0 Å². The summed E-state index contributed by atoms with van der Waals surface area (Å²) in [6.45, 7) is 5.96. The molecule has 2 aromatic carbocycles. The Labute approximate surface area is 315 Å². The molecule has 0 spiro atoms. The first-order valence-corrected chi connectivity index (χ1v) is 18.4. The third-order valence-electron chi connectivity index (χ3n) is 9.42. The van der Waals surface area contributed by atoms with E-state index < -0.39 is 47.6 Å². The largest absolute Gasteiger partial charge is 0.387 e. The molecule has 4 N–H and O–H groups in total. The minimum atomic E-state index is -0.993. The summed E-state index contributed by atoms with van der Waals surface area (Å²) in [7, 11) is 0. The van der Waals surface area contributed by atoms with Crippen molar-refractivity contribution in [2.45, 2.75) is 84.3 Å². The smallest absolute Gasteiger partial charge is 0.253 e. The number of carbonyl (C=O) groups is 5. The lowest BCUT2D eigenvalue weighted by molar-refractivity contribution is -0.140. The van der Waals surface area contributed by atoms with Crippen molar-refractivity contribution in [1.82, 2.24) is 19.7 Å². The molecule has 4 rings (SSSR count). The number of halogens is 2. The molecular weight excluding hydrogens is 696 g/mol. The lowest BCUT2D eigenvalue weighted by Crippen LogP contribution is -2.47. The van der Waals surface area contributed by atoms with Crippen LogP contribution in [-0.4, -0.2) is 81.2 Å². The third-order valence-corrected chi connectivity index (χ3v) is 9.42. The summed E-state index contributed by atoms with van der Waals surface area (Å²) in [6.07, 6.45) is 7.31. The maximum Gasteiger partial charge on any atom is 0.253 e. The summed E-state index contributed by atoms with van der Waals surface area (Å²) < 4.78 is 31.2. The van der Waals surface area contributed by atoms with E-state index in [1.807, 2.05) is 55.7 Å². The van der Waals surface area contributed by atoms with Crippen LogP contribution < -0.4 is 11.1 Å². The number of carbonyl (C=O) groups excluding carboxylic acids is 5. The monoisotopic (exact) mass is 747 g/mol. The molecule has 0 aliphatic carbocycles. The van der Waals surface area contributed by atoms with Gasteiger partial charge in [0.2, 0.25) is 11.8 Å². The van der Waals surface area contributed by atoms with Gasteiger partial charge in [0.25, 0.3) is 11.8 Å². The van der Waals surface area contributed by atoms with Crippen LogP contribution in [0.1, 0.15) is 83.0 Å². The number of ketones is 1. The molecule has 1 aromatic heterocycles. The van der Waals surface area contributed by atoms with Crippen LogP contribution in [-0.2, 0) is 30.5 Å². The van der Waals surface area contributed by atoms with Gasteiger partial charge in [0, 0.05) is 74.2 Å². The lowest BCUT2D eigenvalue weighted by Gasteiger charge is -2.41. The van der Waals surface area contributed by atoms with Gasteiger partial charge in [-0.05, 0) is 60.9 Å². The van der Waals surface area contributed by atoms with E-state index in [-0.39, 0.29) is 49.1 Å². The summed E-state index contributed by atoms with van der Waals surface area (Å²) in [6, 6.07) is 12.9. The highest BCUT2D eigenvalue weighted by molar-refractivity contribution is 6.12. The number of aliphatic hydroxyl groups excluding tert-OH is 1. The molecule has 2 heterocycles. The van der Waals surface area contributed by atoms with Gasteiger partial charge in [0.15, 0.2) is 0 Å². The van der Waals surface area contributed by atoms with E-state index in [0.717, 1.165) is 23.8 Å². The summed E-state index contributed by atoms with van der Waals surface area (Å²) in [5.41, 5.74) is 7.72. The zero-order valence-electron chi connectivity index (χ0n) is 31.2. The standard InChI is InChI=1S/C41H51F2N5O6/c1-41(2,3)39(35-23-29(32-24-30(42)15-16-33(32)43)26-46(35)25-28-11-6-4-7-12-28)48(38(53)27-49)22-19-34(44)40(54)45-20-10-14-31(50)13-8-5-9-21-47-36(51)17-18-37(47)52/h4,6-7,11-12,15-18,23-24,26,34,39,49H,5,8-10,13-14,19-22,25,27,44H2,1-3H3,(H,45,54)/t34-,39-/m0/s1. The Kier molecular flexibility index (Phi) is 15.0. The average Bonchev–Trinajstić information content (AvgIpc) is 3.69.